The van der Waals surface area contributed by atoms with E-state index < -0.39 is 0 Å². The van der Waals surface area contributed by atoms with Crippen molar-refractivity contribution in [3.05, 3.63) is 28.8 Å². The molecule has 0 aliphatic carbocycles. The first-order valence-electron chi connectivity index (χ1n) is 3.95. The molecule has 6 heteroatoms. The molecule has 0 radical (unpaired) electrons. The van der Waals surface area contributed by atoms with E-state index in [1.807, 2.05) is 0 Å². The molecule has 1 aromatic rings. The van der Waals surface area contributed by atoms with Gasteiger partial charge in [-0.1, -0.05) is 11.6 Å². The quantitative estimate of drug-likeness (QED) is 0.293. The Morgan fingerprint density at radius 1 is 1.50 bits per heavy atom. The molecule has 0 saturated carbocycles. The van der Waals surface area contributed by atoms with Crippen LogP contribution in [-0.2, 0) is 6.54 Å². The van der Waals surface area contributed by atoms with Crippen LogP contribution in [0.25, 0.3) is 0 Å². The molecular formula is C8H12ClN5. The summed E-state index contributed by atoms with van der Waals surface area (Å²) in [6, 6.07) is 5.23. The molecule has 0 bridgehead atoms. The van der Waals surface area contributed by atoms with Crippen LogP contribution in [0.2, 0.25) is 5.02 Å². The Hall–Kier alpha value is -1.30. The molecule has 0 amide bonds. The van der Waals surface area contributed by atoms with Gasteiger partial charge < -0.3 is 11.6 Å². The second-order valence-corrected chi connectivity index (χ2v) is 3.09. The van der Waals surface area contributed by atoms with Crippen LogP contribution in [0.1, 0.15) is 5.56 Å². The minimum absolute atomic E-state index is 0.349. The van der Waals surface area contributed by atoms with Crippen LogP contribution in [0.3, 0.4) is 0 Å². The predicted octanol–water partition coefficient (Wildman–Crippen LogP) is 0.381. The molecule has 0 aliphatic rings. The summed E-state index contributed by atoms with van der Waals surface area (Å²) in [5, 5.41) is 5.22. The lowest BCUT2D eigenvalue weighted by molar-refractivity contribution is 1.03. The third-order valence-corrected chi connectivity index (χ3v) is 1.97. The highest BCUT2D eigenvalue weighted by Crippen LogP contribution is 2.21. The van der Waals surface area contributed by atoms with Crippen molar-refractivity contribution in [1.29, 1.82) is 0 Å². The van der Waals surface area contributed by atoms with Gasteiger partial charge in [0.05, 0.1) is 5.69 Å². The van der Waals surface area contributed by atoms with Gasteiger partial charge in [0, 0.05) is 11.6 Å². The van der Waals surface area contributed by atoms with E-state index in [2.05, 4.69) is 5.10 Å². The molecule has 0 heterocycles. The third-order valence-electron chi connectivity index (χ3n) is 1.73. The number of anilines is 1. The minimum Gasteiger partial charge on any atom is -0.326 e. The van der Waals surface area contributed by atoms with Crippen LogP contribution in [0, 0.1) is 0 Å². The van der Waals surface area contributed by atoms with Crippen molar-refractivity contribution in [2.45, 2.75) is 6.54 Å². The first-order valence-corrected chi connectivity index (χ1v) is 4.32. The average Bonchev–Trinajstić information content (AvgIpc) is 2.17. The van der Waals surface area contributed by atoms with Gasteiger partial charge in [0.15, 0.2) is 0 Å². The van der Waals surface area contributed by atoms with E-state index in [-0.39, 0.29) is 0 Å². The molecule has 0 spiro atoms. The van der Waals surface area contributed by atoms with Crippen LogP contribution in [0.15, 0.2) is 23.3 Å². The van der Waals surface area contributed by atoms with Gasteiger partial charge in [0.1, 0.15) is 6.34 Å². The lowest BCUT2D eigenvalue weighted by atomic mass is 10.2. The van der Waals surface area contributed by atoms with Crippen molar-refractivity contribution in [3.8, 4) is 0 Å². The van der Waals surface area contributed by atoms with Gasteiger partial charge in [0.2, 0.25) is 0 Å². The highest BCUT2D eigenvalue weighted by molar-refractivity contribution is 6.30. The number of benzene rings is 1. The van der Waals surface area contributed by atoms with Gasteiger partial charge in [-0.05, 0) is 23.8 Å². The van der Waals surface area contributed by atoms with Gasteiger partial charge >= 0.3 is 0 Å². The van der Waals surface area contributed by atoms with Crippen LogP contribution < -0.4 is 22.4 Å². The van der Waals surface area contributed by atoms with Crippen molar-refractivity contribution >= 4 is 23.6 Å². The molecule has 0 aliphatic heterocycles. The van der Waals surface area contributed by atoms with Crippen molar-refractivity contribution < 1.29 is 0 Å². The summed E-state index contributed by atoms with van der Waals surface area (Å²) in [5.74, 6) is 10.6. The van der Waals surface area contributed by atoms with Crippen molar-refractivity contribution in [2.75, 3.05) is 5.01 Å². The van der Waals surface area contributed by atoms with Crippen molar-refractivity contribution in [1.82, 2.24) is 0 Å². The van der Waals surface area contributed by atoms with Gasteiger partial charge in [-0.2, -0.15) is 5.10 Å². The van der Waals surface area contributed by atoms with Gasteiger partial charge in [-0.15, -0.1) is 0 Å². The fourth-order valence-electron chi connectivity index (χ4n) is 1.10. The van der Waals surface area contributed by atoms with Crippen LogP contribution in [0.5, 0.6) is 0 Å². The number of hydrazine groups is 1. The van der Waals surface area contributed by atoms with E-state index in [1.165, 1.54) is 11.3 Å². The van der Waals surface area contributed by atoms with Crippen molar-refractivity contribution in [3.63, 3.8) is 0 Å². The van der Waals surface area contributed by atoms with E-state index in [1.54, 1.807) is 18.2 Å². The number of halogens is 1. The zero-order chi connectivity index (χ0) is 10.6. The van der Waals surface area contributed by atoms with Gasteiger partial charge in [-0.25, -0.2) is 5.84 Å². The topological polar surface area (TPSA) is 93.7 Å². The number of hydrogen-bond acceptors (Lipinski definition) is 4. The Balaban J connectivity index is 3.07. The maximum Gasteiger partial charge on any atom is 0.129 e. The van der Waals surface area contributed by atoms with E-state index in [0.717, 1.165) is 11.3 Å². The lowest BCUT2D eigenvalue weighted by Gasteiger charge is -2.16. The number of nitrogens with two attached hydrogens (primary N) is 3. The largest absolute Gasteiger partial charge is 0.326 e. The highest BCUT2D eigenvalue weighted by Gasteiger charge is 2.05. The summed E-state index contributed by atoms with van der Waals surface area (Å²) in [5.41, 5.74) is 7.10. The number of hydrazone groups is 1. The summed E-state index contributed by atoms with van der Waals surface area (Å²) < 4.78 is 0. The Morgan fingerprint density at radius 2 is 2.21 bits per heavy atom. The summed E-state index contributed by atoms with van der Waals surface area (Å²) >= 11 is 5.80. The standard InChI is InChI=1S/C8H12ClN5/c9-7-1-2-8(6(3-7)4-10)14(12)5-13-11/h1-3,5H,4,10-12H2/b13-5-. The molecule has 0 atom stereocenters. The van der Waals surface area contributed by atoms with Crippen LogP contribution >= 0.6 is 11.6 Å². The molecule has 5 nitrogen and oxygen atoms in total. The van der Waals surface area contributed by atoms with E-state index in [9.17, 15) is 0 Å². The minimum atomic E-state index is 0.349. The first kappa shape index (κ1) is 10.8. The summed E-state index contributed by atoms with van der Waals surface area (Å²) in [4.78, 5) is 0. The summed E-state index contributed by atoms with van der Waals surface area (Å²) in [6.45, 7) is 0.349. The lowest BCUT2D eigenvalue weighted by Crippen LogP contribution is -2.30. The fraction of sp³-hybridized carbons (Fsp3) is 0.125. The highest BCUT2D eigenvalue weighted by atomic mass is 35.5. The molecule has 1 aromatic carbocycles. The summed E-state index contributed by atoms with van der Waals surface area (Å²) in [6.07, 6.45) is 1.29. The number of nitrogens with zero attached hydrogens (tertiary/aromatic N) is 2. The normalized spacial score (nSPS) is 10.8. The van der Waals surface area contributed by atoms with E-state index in [0.29, 0.717) is 11.6 Å². The smallest absolute Gasteiger partial charge is 0.129 e. The second-order valence-electron chi connectivity index (χ2n) is 2.65. The molecule has 1 rings (SSSR count). The number of rotatable bonds is 3. The summed E-state index contributed by atoms with van der Waals surface area (Å²) in [7, 11) is 0. The molecule has 0 saturated heterocycles. The Kier molecular flexibility index (Phi) is 3.70. The third kappa shape index (κ3) is 2.35. The molecule has 0 unspecified atom stereocenters. The van der Waals surface area contributed by atoms with E-state index in [4.69, 9.17) is 29.0 Å². The van der Waals surface area contributed by atoms with Gasteiger partial charge in [0.25, 0.3) is 0 Å². The molecule has 0 fully saturated rings. The SMILES string of the molecule is NCc1cc(Cl)ccc1N(N)/C=N\N. The molecular weight excluding hydrogens is 202 g/mol. The Bertz CT molecular complexity index is 339. The predicted molar refractivity (Wildman–Crippen MR) is 58.7 cm³/mol. The average molecular weight is 214 g/mol. The maximum atomic E-state index is 5.80. The molecule has 14 heavy (non-hydrogen) atoms. The second kappa shape index (κ2) is 4.80. The van der Waals surface area contributed by atoms with Gasteiger partial charge in [-0.3, -0.25) is 5.01 Å². The molecule has 0 aromatic heterocycles. The van der Waals surface area contributed by atoms with Crippen LogP contribution in [-0.4, -0.2) is 6.34 Å². The first-order chi connectivity index (χ1) is 6.69. The molecule has 6 N–H and O–H groups in total. The number of hydrogen-bond donors (Lipinski definition) is 3. The van der Waals surface area contributed by atoms with Crippen molar-refractivity contribution in [2.24, 2.45) is 22.5 Å². The maximum absolute atomic E-state index is 5.80. The van der Waals surface area contributed by atoms with E-state index >= 15 is 0 Å². The Morgan fingerprint density at radius 3 is 2.79 bits per heavy atom. The fourth-order valence-corrected chi connectivity index (χ4v) is 1.30. The molecule has 76 valence electrons. The Labute approximate surface area is 87.1 Å². The zero-order valence-corrected chi connectivity index (χ0v) is 8.28. The zero-order valence-electron chi connectivity index (χ0n) is 7.52. The van der Waals surface area contributed by atoms with Crippen LogP contribution in [0.4, 0.5) is 5.69 Å². The monoisotopic (exact) mass is 213 g/mol.